The molecule has 0 aromatic carbocycles. The van der Waals surface area contributed by atoms with Crippen molar-refractivity contribution in [2.75, 3.05) is 7.11 Å². The van der Waals surface area contributed by atoms with Gasteiger partial charge in [-0.25, -0.2) is 4.79 Å². The summed E-state index contributed by atoms with van der Waals surface area (Å²) in [5, 5.41) is 0. The predicted octanol–water partition coefficient (Wildman–Crippen LogP) is 2.26. The molecular formula is C14H18O3. The number of allylic oxidation sites excluding steroid dienone is 2. The number of methoxy groups -OCH3 is 1. The molecule has 0 heterocycles. The third-order valence-electron chi connectivity index (χ3n) is 3.02. The van der Waals surface area contributed by atoms with Gasteiger partial charge in [0.25, 0.3) is 0 Å². The highest BCUT2D eigenvalue weighted by Crippen LogP contribution is 2.33. The van der Waals surface area contributed by atoms with Gasteiger partial charge in [0.2, 0.25) is 0 Å². The van der Waals surface area contributed by atoms with Crippen LogP contribution in [0.15, 0.2) is 12.2 Å². The van der Waals surface area contributed by atoms with Gasteiger partial charge in [0.15, 0.2) is 0 Å². The van der Waals surface area contributed by atoms with Crippen LogP contribution in [0.5, 0.6) is 0 Å². The average molecular weight is 234 g/mol. The lowest BCUT2D eigenvalue weighted by Gasteiger charge is -2.26. The lowest BCUT2D eigenvalue weighted by atomic mass is 9.76. The van der Waals surface area contributed by atoms with Crippen molar-refractivity contribution in [1.82, 2.24) is 0 Å². The molecule has 1 rings (SSSR count). The van der Waals surface area contributed by atoms with Crippen LogP contribution >= 0.6 is 0 Å². The highest BCUT2D eigenvalue weighted by atomic mass is 16.5. The second kappa shape index (κ2) is 6.90. The lowest BCUT2D eigenvalue weighted by molar-refractivity contribution is -0.133. The van der Waals surface area contributed by atoms with Crippen LogP contribution in [0.4, 0.5) is 0 Å². The second-order valence-electron chi connectivity index (χ2n) is 4.29. The molecule has 0 saturated heterocycles. The van der Waals surface area contributed by atoms with Crippen molar-refractivity contribution >= 4 is 12.3 Å². The number of hydrogen-bond acceptors (Lipinski definition) is 3. The van der Waals surface area contributed by atoms with Crippen molar-refractivity contribution in [3.05, 3.63) is 12.2 Å². The summed E-state index contributed by atoms with van der Waals surface area (Å²) < 4.78 is 4.41. The van der Waals surface area contributed by atoms with Gasteiger partial charge < -0.3 is 9.53 Å². The zero-order valence-electron chi connectivity index (χ0n) is 10.2. The van der Waals surface area contributed by atoms with E-state index >= 15 is 0 Å². The summed E-state index contributed by atoms with van der Waals surface area (Å²) in [5.74, 6) is 4.63. The Hall–Kier alpha value is -1.56. The summed E-state index contributed by atoms with van der Waals surface area (Å²) in [6, 6.07) is 0. The topological polar surface area (TPSA) is 43.4 Å². The Morgan fingerprint density at radius 2 is 2.41 bits per heavy atom. The third-order valence-corrected chi connectivity index (χ3v) is 3.02. The minimum atomic E-state index is -0.507. The molecule has 0 saturated carbocycles. The Balaban J connectivity index is 2.35. The van der Waals surface area contributed by atoms with Gasteiger partial charge in [-0.15, -0.1) is 0 Å². The molecule has 0 amide bonds. The first-order valence-electron chi connectivity index (χ1n) is 5.93. The van der Waals surface area contributed by atoms with Gasteiger partial charge in [-0.05, 0) is 32.1 Å². The summed E-state index contributed by atoms with van der Waals surface area (Å²) in [6.07, 6.45) is 10.5. The van der Waals surface area contributed by atoms with Crippen molar-refractivity contribution in [3.63, 3.8) is 0 Å². The number of rotatable bonds is 4. The van der Waals surface area contributed by atoms with E-state index < -0.39 is 5.97 Å². The van der Waals surface area contributed by atoms with Crippen molar-refractivity contribution in [3.8, 4) is 11.8 Å². The fourth-order valence-electron chi connectivity index (χ4n) is 2.01. The summed E-state index contributed by atoms with van der Waals surface area (Å²) in [5.41, 5.74) is -0.287. The molecule has 0 aliphatic heterocycles. The van der Waals surface area contributed by atoms with Crippen LogP contribution in [0.1, 0.15) is 38.5 Å². The maximum atomic E-state index is 11.1. The lowest BCUT2D eigenvalue weighted by Crippen LogP contribution is -2.21. The Labute approximate surface area is 102 Å². The van der Waals surface area contributed by atoms with Crippen molar-refractivity contribution < 1.29 is 14.3 Å². The van der Waals surface area contributed by atoms with E-state index in [-0.39, 0.29) is 5.41 Å². The molecule has 0 aromatic rings. The minimum absolute atomic E-state index is 0.287. The molecular weight excluding hydrogens is 216 g/mol. The Morgan fingerprint density at radius 1 is 1.59 bits per heavy atom. The van der Waals surface area contributed by atoms with E-state index in [1.165, 1.54) is 7.11 Å². The standard InChI is InChI=1S/C14H18O3/c1-17-13(16)8-4-2-5-9-14(12-15)10-6-3-7-11-14/h6,10,12H,2-3,5,7,9,11H2,1H3. The number of ether oxygens (including phenoxy) is 1. The molecule has 3 heteroatoms. The van der Waals surface area contributed by atoms with Gasteiger partial charge in [-0.1, -0.05) is 18.1 Å². The molecule has 0 fully saturated rings. The minimum Gasteiger partial charge on any atom is -0.459 e. The quantitative estimate of drug-likeness (QED) is 0.187. The van der Waals surface area contributed by atoms with Crippen LogP contribution < -0.4 is 0 Å². The first-order chi connectivity index (χ1) is 8.22. The van der Waals surface area contributed by atoms with Crippen LogP contribution in [-0.4, -0.2) is 19.4 Å². The van der Waals surface area contributed by atoms with E-state index in [4.69, 9.17) is 0 Å². The molecule has 0 spiro atoms. The van der Waals surface area contributed by atoms with Crippen LogP contribution in [0.25, 0.3) is 0 Å². The second-order valence-corrected chi connectivity index (χ2v) is 4.29. The van der Waals surface area contributed by atoms with E-state index in [0.29, 0.717) is 6.42 Å². The first-order valence-corrected chi connectivity index (χ1v) is 5.93. The number of carbonyl (C=O) groups is 2. The number of carbonyl (C=O) groups excluding carboxylic acids is 2. The molecule has 0 aromatic heterocycles. The summed E-state index contributed by atoms with van der Waals surface area (Å²) >= 11 is 0. The molecule has 1 atom stereocenters. The highest BCUT2D eigenvalue weighted by Gasteiger charge is 2.27. The zero-order valence-corrected chi connectivity index (χ0v) is 10.2. The first kappa shape index (κ1) is 13.5. The Bertz CT molecular complexity index is 359. The van der Waals surface area contributed by atoms with Gasteiger partial charge in [0, 0.05) is 17.8 Å². The van der Waals surface area contributed by atoms with E-state index in [1.54, 1.807) is 0 Å². The normalized spacial score (nSPS) is 22.4. The van der Waals surface area contributed by atoms with Crippen molar-refractivity contribution in [2.45, 2.75) is 38.5 Å². The van der Waals surface area contributed by atoms with Crippen molar-refractivity contribution in [2.24, 2.45) is 5.41 Å². The molecule has 1 unspecified atom stereocenters. The number of hydrogen-bond donors (Lipinski definition) is 0. The van der Waals surface area contributed by atoms with Crippen LogP contribution in [-0.2, 0) is 14.3 Å². The van der Waals surface area contributed by atoms with Gasteiger partial charge in [0.1, 0.15) is 6.29 Å². The van der Waals surface area contributed by atoms with E-state index in [9.17, 15) is 9.59 Å². The maximum Gasteiger partial charge on any atom is 0.384 e. The SMILES string of the molecule is COC(=O)C#CCCCC1(C=O)C=CCCC1. The van der Waals surface area contributed by atoms with Crippen LogP contribution in [0.3, 0.4) is 0 Å². The Kier molecular flexibility index (Phi) is 5.48. The monoisotopic (exact) mass is 234 g/mol. The molecule has 3 nitrogen and oxygen atoms in total. The fourth-order valence-corrected chi connectivity index (χ4v) is 2.01. The summed E-state index contributed by atoms with van der Waals surface area (Å²) in [4.78, 5) is 21.9. The molecule has 17 heavy (non-hydrogen) atoms. The predicted molar refractivity (Wildman–Crippen MR) is 65.1 cm³/mol. The van der Waals surface area contributed by atoms with Crippen LogP contribution in [0, 0.1) is 17.3 Å². The molecule has 0 N–H and O–H groups in total. The fraction of sp³-hybridized carbons (Fsp3) is 0.571. The number of unbranched alkanes of at least 4 members (excludes halogenated alkanes) is 1. The average Bonchev–Trinajstić information content (AvgIpc) is 2.39. The molecule has 0 bridgehead atoms. The highest BCUT2D eigenvalue weighted by molar-refractivity contribution is 5.88. The third kappa shape index (κ3) is 4.44. The summed E-state index contributed by atoms with van der Waals surface area (Å²) in [6.45, 7) is 0. The maximum absolute atomic E-state index is 11.1. The van der Waals surface area contributed by atoms with Crippen molar-refractivity contribution in [1.29, 1.82) is 0 Å². The van der Waals surface area contributed by atoms with Gasteiger partial charge in [-0.2, -0.15) is 0 Å². The van der Waals surface area contributed by atoms with Crippen LogP contribution in [0.2, 0.25) is 0 Å². The number of esters is 1. The van der Waals surface area contributed by atoms with E-state index in [0.717, 1.165) is 38.4 Å². The van der Waals surface area contributed by atoms with Gasteiger partial charge in [0.05, 0.1) is 7.11 Å². The van der Waals surface area contributed by atoms with Gasteiger partial charge >= 0.3 is 5.97 Å². The zero-order chi connectivity index (χ0) is 12.6. The largest absolute Gasteiger partial charge is 0.459 e. The molecule has 1 aliphatic carbocycles. The molecule has 92 valence electrons. The molecule has 0 radical (unpaired) electrons. The number of aldehydes is 1. The smallest absolute Gasteiger partial charge is 0.384 e. The molecule has 1 aliphatic rings. The van der Waals surface area contributed by atoms with E-state index in [2.05, 4.69) is 22.7 Å². The van der Waals surface area contributed by atoms with Gasteiger partial charge in [-0.3, -0.25) is 0 Å². The Morgan fingerprint density at radius 3 is 3.00 bits per heavy atom. The van der Waals surface area contributed by atoms with E-state index in [1.807, 2.05) is 6.08 Å². The summed E-state index contributed by atoms with van der Waals surface area (Å²) in [7, 11) is 1.31.